The molecule has 1 aromatic rings. The number of ether oxygens (including phenoxy) is 2. The highest BCUT2D eigenvalue weighted by molar-refractivity contribution is 5.95. The average molecular weight is 223 g/mol. The third-order valence-corrected chi connectivity index (χ3v) is 2.35. The molecule has 0 saturated carbocycles. The largest absolute Gasteiger partial charge is 0.493 e. The van der Waals surface area contributed by atoms with E-state index in [4.69, 9.17) is 15.2 Å². The predicted molar refractivity (Wildman–Crippen MR) is 62.1 cm³/mol. The molecule has 16 heavy (non-hydrogen) atoms. The number of carbonyl (C=O) groups is 1. The minimum atomic E-state index is -0.446. The molecule has 4 nitrogen and oxygen atoms in total. The number of carbonyl (C=O) groups excluding carboxylic acids is 1. The number of amides is 1. The van der Waals surface area contributed by atoms with Crippen molar-refractivity contribution in [3.05, 3.63) is 23.3 Å². The molecule has 2 N–H and O–H groups in total. The minimum absolute atomic E-state index is 0.446. The van der Waals surface area contributed by atoms with Crippen LogP contribution in [0.2, 0.25) is 0 Å². The molecule has 0 unspecified atom stereocenters. The molecule has 0 fully saturated rings. The molecule has 0 atom stereocenters. The van der Waals surface area contributed by atoms with Crippen molar-refractivity contribution in [1.29, 1.82) is 0 Å². The predicted octanol–water partition coefficient (Wildman–Crippen LogP) is 1.76. The van der Waals surface area contributed by atoms with Crippen LogP contribution in [0.3, 0.4) is 0 Å². The van der Waals surface area contributed by atoms with Crippen LogP contribution >= 0.6 is 0 Å². The Morgan fingerprint density at radius 2 is 2.06 bits per heavy atom. The van der Waals surface area contributed by atoms with E-state index in [-0.39, 0.29) is 0 Å². The maximum Gasteiger partial charge on any atom is 0.249 e. The zero-order valence-corrected chi connectivity index (χ0v) is 9.87. The van der Waals surface area contributed by atoms with E-state index in [2.05, 4.69) is 0 Å². The van der Waals surface area contributed by atoms with Crippen LogP contribution in [-0.2, 0) is 6.42 Å². The van der Waals surface area contributed by atoms with E-state index >= 15 is 0 Å². The Balaban J connectivity index is 3.33. The van der Waals surface area contributed by atoms with Crippen LogP contribution in [0.5, 0.6) is 11.5 Å². The normalized spacial score (nSPS) is 9.94. The van der Waals surface area contributed by atoms with Gasteiger partial charge in [0.05, 0.1) is 13.7 Å². The summed E-state index contributed by atoms with van der Waals surface area (Å²) in [6, 6.07) is 3.39. The van der Waals surface area contributed by atoms with Crippen LogP contribution in [0.1, 0.15) is 29.8 Å². The summed E-state index contributed by atoms with van der Waals surface area (Å²) in [5, 5.41) is 0. The van der Waals surface area contributed by atoms with Gasteiger partial charge in [0.2, 0.25) is 5.91 Å². The summed E-state index contributed by atoms with van der Waals surface area (Å²) in [7, 11) is 1.56. The lowest BCUT2D eigenvalue weighted by atomic mass is 10.0. The van der Waals surface area contributed by atoms with Crippen molar-refractivity contribution in [2.75, 3.05) is 13.7 Å². The average Bonchev–Trinajstić information content (AvgIpc) is 2.28. The van der Waals surface area contributed by atoms with Gasteiger partial charge in [-0.1, -0.05) is 6.92 Å². The van der Waals surface area contributed by atoms with Crippen LogP contribution < -0.4 is 15.2 Å². The zero-order chi connectivity index (χ0) is 12.1. The zero-order valence-electron chi connectivity index (χ0n) is 9.87. The van der Waals surface area contributed by atoms with Crippen LogP contribution in [-0.4, -0.2) is 19.6 Å². The second-order valence-electron chi connectivity index (χ2n) is 3.27. The summed E-state index contributed by atoms with van der Waals surface area (Å²) in [6.45, 7) is 4.39. The number of nitrogens with two attached hydrogens (primary N) is 1. The molecule has 0 saturated heterocycles. The van der Waals surface area contributed by atoms with Crippen molar-refractivity contribution >= 4 is 5.91 Å². The molecule has 1 amide bonds. The van der Waals surface area contributed by atoms with Crippen molar-refractivity contribution in [2.45, 2.75) is 20.3 Å². The SMILES string of the molecule is CCOc1ccc(C(N)=O)c(CC)c1OC. The first-order valence-corrected chi connectivity index (χ1v) is 5.28. The Bertz CT molecular complexity index is 388. The van der Waals surface area contributed by atoms with E-state index in [0.717, 1.165) is 5.56 Å². The van der Waals surface area contributed by atoms with Crippen molar-refractivity contribution in [2.24, 2.45) is 5.73 Å². The Hall–Kier alpha value is -1.71. The van der Waals surface area contributed by atoms with E-state index < -0.39 is 5.91 Å². The van der Waals surface area contributed by atoms with Gasteiger partial charge in [0.25, 0.3) is 0 Å². The number of benzene rings is 1. The maximum absolute atomic E-state index is 11.2. The summed E-state index contributed by atoms with van der Waals surface area (Å²) in [4.78, 5) is 11.2. The smallest absolute Gasteiger partial charge is 0.249 e. The van der Waals surface area contributed by atoms with Crippen LogP contribution in [0, 0.1) is 0 Å². The molecular weight excluding hydrogens is 206 g/mol. The molecular formula is C12H17NO3. The quantitative estimate of drug-likeness (QED) is 0.827. The third-order valence-electron chi connectivity index (χ3n) is 2.35. The Morgan fingerprint density at radius 1 is 1.38 bits per heavy atom. The molecule has 0 heterocycles. The number of hydrogen-bond donors (Lipinski definition) is 1. The van der Waals surface area contributed by atoms with Crippen LogP contribution in [0.15, 0.2) is 12.1 Å². The van der Waals surface area contributed by atoms with Crippen molar-refractivity contribution in [3.8, 4) is 11.5 Å². The van der Waals surface area contributed by atoms with Gasteiger partial charge < -0.3 is 15.2 Å². The second-order valence-corrected chi connectivity index (χ2v) is 3.27. The molecule has 0 aliphatic rings. The maximum atomic E-state index is 11.2. The van der Waals surface area contributed by atoms with Gasteiger partial charge in [-0.3, -0.25) is 4.79 Å². The molecule has 1 aromatic carbocycles. The lowest BCUT2D eigenvalue weighted by Crippen LogP contribution is -2.14. The van der Waals surface area contributed by atoms with Gasteiger partial charge in [-0.2, -0.15) is 0 Å². The van der Waals surface area contributed by atoms with Crippen LogP contribution in [0.25, 0.3) is 0 Å². The molecule has 0 spiro atoms. The molecule has 0 radical (unpaired) electrons. The lowest BCUT2D eigenvalue weighted by molar-refractivity contribution is 0.0999. The lowest BCUT2D eigenvalue weighted by Gasteiger charge is -2.15. The Morgan fingerprint density at radius 3 is 2.50 bits per heavy atom. The van der Waals surface area contributed by atoms with Gasteiger partial charge in [-0.05, 0) is 25.5 Å². The van der Waals surface area contributed by atoms with Gasteiger partial charge in [0.1, 0.15) is 0 Å². The number of primary amides is 1. The standard InChI is InChI=1S/C12H17NO3/c1-4-8-9(12(13)14)6-7-10(16-5-2)11(8)15-3/h6-7H,4-5H2,1-3H3,(H2,13,14). The molecule has 0 aliphatic heterocycles. The molecule has 1 rings (SSSR count). The van der Waals surface area contributed by atoms with Crippen molar-refractivity contribution < 1.29 is 14.3 Å². The summed E-state index contributed by atoms with van der Waals surface area (Å²) in [5.41, 5.74) is 6.58. The molecule has 0 aliphatic carbocycles. The monoisotopic (exact) mass is 223 g/mol. The van der Waals surface area contributed by atoms with E-state index in [0.29, 0.717) is 30.1 Å². The summed E-state index contributed by atoms with van der Waals surface area (Å²) in [5.74, 6) is 0.797. The Labute approximate surface area is 95.3 Å². The summed E-state index contributed by atoms with van der Waals surface area (Å²) in [6.07, 6.45) is 0.669. The second kappa shape index (κ2) is 5.39. The van der Waals surface area contributed by atoms with E-state index in [1.54, 1.807) is 19.2 Å². The molecule has 0 aromatic heterocycles. The number of methoxy groups -OCH3 is 1. The highest BCUT2D eigenvalue weighted by Crippen LogP contribution is 2.33. The first-order valence-electron chi connectivity index (χ1n) is 5.28. The highest BCUT2D eigenvalue weighted by Gasteiger charge is 2.16. The van der Waals surface area contributed by atoms with Crippen molar-refractivity contribution in [1.82, 2.24) is 0 Å². The van der Waals surface area contributed by atoms with Crippen molar-refractivity contribution in [3.63, 3.8) is 0 Å². The number of hydrogen-bond acceptors (Lipinski definition) is 3. The van der Waals surface area contributed by atoms with E-state index in [9.17, 15) is 4.79 Å². The van der Waals surface area contributed by atoms with E-state index in [1.165, 1.54) is 0 Å². The summed E-state index contributed by atoms with van der Waals surface area (Å²) < 4.78 is 10.7. The minimum Gasteiger partial charge on any atom is -0.493 e. The molecule has 0 bridgehead atoms. The fraction of sp³-hybridized carbons (Fsp3) is 0.417. The van der Waals surface area contributed by atoms with Gasteiger partial charge in [0, 0.05) is 11.1 Å². The Kier molecular flexibility index (Phi) is 4.17. The number of rotatable bonds is 5. The van der Waals surface area contributed by atoms with Gasteiger partial charge in [-0.15, -0.1) is 0 Å². The fourth-order valence-corrected chi connectivity index (χ4v) is 1.68. The fourth-order valence-electron chi connectivity index (χ4n) is 1.68. The van der Waals surface area contributed by atoms with E-state index in [1.807, 2.05) is 13.8 Å². The molecule has 4 heteroatoms. The topological polar surface area (TPSA) is 61.5 Å². The van der Waals surface area contributed by atoms with Crippen LogP contribution in [0.4, 0.5) is 0 Å². The summed E-state index contributed by atoms with van der Waals surface area (Å²) >= 11 is 0. The third kappa shape index (κ3) is 2.27. The van der Waals surface area contributed by atoms with Gasteiger partial charge in [-0.25, -0.2) is 0 Å². The highest BCUT2D eigenvalue weighted by atomic mass is 16.5. The molecule has 88 valence electrons. The first-order chi connectivity index (χ1) is 7.65. The first kappa shape index (κ1) is 12.4. The van der Waals surface area contributed by atoms with Gasteiger partial charge in [0.15, 0.2) is 11.5 Å². The van der Waals surface area contributed by atoms with Gasteiger partial charge >= 0.3 is 0 Å².